The zero-order valence-electron chi connectivity index (χ0n) is 19.4. The molecule has 29 heavy (non-hydrogen) atoms. The lowest BCUT2D eigenvalue weighted by molar-refractivity contribution is -0.0614. The highest BCUT2D eigenvalue weighted by atomic mass is 16.8. The first-order valence-corrected chi connectivity index (χ1v) is 11.1. The van der Waals surface area contributed by atoms with E-state index in [2.05, 4.69) is 11.8 Å². The quantitative estimate of drug-likeness (QED) is 0.482. The van der Waals surface area contributed by atoms with Gasteiger partial charge in [-0.15, -0.1) is 0 Å². The molecule has 7 nitrogen and oxygen atoms in total. The fourth-order valence-corrected chi connectivity index (χ4v) is 3.96. The third kappa shape index (κ3) is 7.70. The Balaban J connectivity index is 2.14. The highest BCUT2D eigenvalue weighted by molar-refractivity contribution is 5.68. The Hall–Kier alpha value is -0.890. The molecule has 4 atom stereocenters. The molecule has 0 aromatic heterocycles. The topological polar surface area (TPSA) is 74.8 Å². The molecule has 0 radical (unpaired) electrons. The SMILES string of the molecule is CCCCC[C@H]1CN(C(=O)OC(C)(C)C)C[C@@H](CCO)N1[C@@H]1OC1OC(C)(C)C. The van der Waals surface area contributed by atoms with Crippen molar-refractivity contribution in [2.45, 2.75) is 116 Å². The van der Waals surface area contributed by atoms with Crippen LogP contribution in [0.5, 0.6) is 0 Å². The molecule has 1 amide bonds. The van der Waals surface area contributed by atoms with Crippen molar-refractivity contribution in [3.05, 3.63) is 0 Å². The second kappa shape index (κ2) is 9.94. The first kappa shape index (κ1) is 24.4. The van der Waals surface area contributed by atoms with Crippen LogP contribution in [0.3, 0.4) is 0 Å². The Labute approximate surface area is 176 Å². The van der Waals surface area contributed by atoms with Crippen LogP contribution in [0.4, 0.5) is 4.79 Å². The van der Waals surface area contributed by atoms with Gasteiger partial charge < -0.3 is 24.2 Å². The van der Waals surface area contributed by atoms with Crippen molar-refractivity contribution in [2.75, 3.05) is 19.7 Å². The third-order valence-corrected chi connectivity index (χ3v) is 5.15. The van der Waals surface area contributed by atoms with Gasteiger partial charge in [-0.2, -0.15) is 0 Å². The molecule has 7 heteroatoms. The molecule has 0 aliphatic carbocycles. The zero-order valence-corrected chi connectivity index (χ0v) is 19.4. The molecule has 0 bridgehead atoms. The number of rotatable bonds is 8. The lowest BCUT2D eigenvalue weighted by Crippen LogP contribution is -2.61. The predicted octanol–water partition coefficient (Wildman–Crippen LogP) is 3.74. The van der Waals surface area contributed by atoms with E-state index in [1.807, 2.05) is 41.5 Å². The maximum absolute atomic E-state index is 12.7. The number of aliphatic hydroxyl groups is 1. The monoisotopic (exact) mass is 414 g/mol. The summed E-state index contributed by atoms with van der Waals surface area (Å²) in [5.41, 5.74) is -0.800. The maximum Gasteiger partial charge on any atom is 0.410 e. The number of ether oxygens (including phenoxy) is 3. The van der Waals surface area contributed by atoms with Gasteiger partial charge in [0.2, 0.25) is 0 Å². The number of unbranched alkanes of at least 4 members (excludes halogenated alkanes) is 2. The molecule has 0 aromatic carbocycles. The molecule has 2 aliphatic rings. The number of carbonyl (C=O) groups is 1. The molecule has 1 unspecified atom stereocenters. The summed E-state index contributed by atoms with van der Waals surface area (Å²) in [7, 11) is 0. The average Bonchev–Trinajstić information content (AvgIpc) is 3.30. The minimum atomic E-state index is -0.524. The zero-order chi connectivity index (χ0) is 21.8. The third-order valence-electron chi connectivity index (χ3n) is 5.15. The van der Waals surface area contributed by atoms with Crippen LogP contribution in [0.25, 0.3) is 0 Å². The molecule has 2 rings (SSSR count). The van der Waals surface area contributed by atoms with Crippen molar-refractivity contribution in [2.24, 2.45) is 0 Å². The minimum Gasteiger partial charge on any atom is -0.444 e. The van der Waals surface area contributed by atoms with Crippen molar-refractivity contribution in [1.82, 2.24) is 9.80 Å². The largest absolute Gasteiger partial charge is 0.444 e. The number of amides is 1. The van der Waals surface area contributed by atoms with E-state index in [4.69, 9.17) is 14.2 Å². The first-order chi connectivity index (χ1) is 13.4. The van der Waals surface area contributed by atoms with E-state index in [0.717, 1.165) is 25.7 Å². The van der Waals surface area contributed by atoms with Crippen LogP contribution >= 0.6 is 0 Å². The van der Waals surface area contributed by atoms with E-state index < -0.39 is 5.60 Å². The highest BCUT2D eigenvalue weighted by Gasteiger charge is 2.53. The van der Waals surface area contributed by atoms with Crippen molar-refractivity contribution in [3.63, 3.8) is 0 Å². The smallest absolute Gasteiger partial charge is 0.410 e. The highest BCUT2D eigenvalue weighted by Crippen LogP contribution is 2.37. The van der Waals surface area contributed by atoms with Crippen LogP contribution in [0, 0.1) is 0 Å². The van der Waals surface area contributed by atoms with E-state index in [-0.39, 0.29) is 42.9 Å². The molecular weight excluding hydrogens is 372 g/mol. The van der Waals surface area contributed by atoms with E-state index >= 15 is 0 Å². The Kier molecular flexibility index (Phi) is 8.36. The van der Waals surface area contributed by atoms with Crippen LogP contribution in [-0.4, -0.2) is 76.5 Å². The van der Waals surface area contributed by atoms with E-state index in [1.54, 1.807) is 4.90 Å². The number of piperazine rings is 1. The number of hydrogen-bond donors (Lipinski definition) is 1. The lowest BCUT2D eigenvalue weighted by Gasteiger charge is -2.46. The number of aliphatic hydroxyl groups excluding tert-OH is 1. The summed E-state index contributed by atoms with van der Waals surface area (Å²) in [5, 5.41) is 9.67. The van der Waals surface area contributed by atoms with Gasteiger partial charge in [-0.3, -0.25) is 4.90 Å². The van der Waals surface area contributed by atoms with Gasteiger partial charge in [-0.25, -0.2) is 4.79 Å². The van der Waals surface area contributed by atoms with E-state index in [9.17, 15) is 9.90 Å². The Bertz CT molecular complexity index is 528. The molecule has 2 saturated heterocycles. The van der Waals surface area contributed by atoms with Crippen LogP contribution in [0.15, 0.2) is 0 Å². The van der Waals surface area contributed by atoms with Gasteiger partial charge in [0, 0.05) is 31.8 Å². The fourth-order valence-electron chi connectivity index (χ4n) is 3.96. The Morgan fingerprint density at radius 2 is 1.66 bits per heavy atom. The van der Waals surface area contributed by atoms with Gasteiger partial charge >= 0.3 is 6.09 Å². The molecule has 0 spiro atoms. The van der Waals surface area contributed by atoms with Crippen molar-refractivity contribution >= 4 is 6.09 Å². The normalized spacial score (nSPS) is 28.5. The summed E-state index contributed by atoms with van der Waals surface area (Å²) in [6.07, 6.45) is 4.34. The number of carbonyl (C=O) groups excluding carboxylic acids is 1. The molecule has 0 aromatic rings. The summed E-state index contributed by atoms with van der Waals surface area (Å²) in [6.45, 7) is 15.1. The van der Waals surface area contributed by atoms with Gasteiger partial charge in [0.15, 0.2) is 12.5 Å². The molecule has 1 N–H and O–H groups in total. The lowest BCUT2D eigenvalue weighted by atomic mass is 9.98. The van der Waals surface area contributed by atoms with Gasteiger partial charge in [0.1, 0.15) is 5.60 Å². The van der Waals surface area contributed by atoms with Crippen LogP contribution in [0.2, 0.25) is 0 Å². The molecule has 2 aliphatic heterocycles. The Morgan fingerprint density at radius 3 is 2.17 bits per heavy atom. The van der Waals surface area contributed by atoms with Crippen molar-refractivity contribution in [3.8, 4) is 0 Å². The van der Waals surface area contributed by atoms with Crippen LogP contribution < -0.4 is 0 Å². The predicted molar refractivity (Wildman–Crippen MR) is 113 cm³/mol. The second-order valence-corrected chi connectivity index (χ2v) is 10.3. The van der Waals surface area contributed by atoms with E-state index in [1.165, 1.54) is 0 Å². The first-order valence-electron chi connectivity index (χ1n) is 11.1. The minimum absolute atomic E-state index is 0.0199. The average molecular weight is 415 g/mol. The summed E-state index contributed by atoms with van der Waals surface area (Å²) in [6, 6.07) is 0.185. The number of hydrogen-bond acceptors (Lipinski definition) is 6. The fraction of sp³-hybridized carbons (Fsp3) is 0.955. The van der Waals surface area contributed by atoms with Gasteiger partial charge in [0.25, 0.3) is 0 Å². The van der Waals surface area contributed by atoms with Gasteiger partial charge in [-0.05, 0) is 54.4 Å². The molecule has 0 saturated carbocycles. The molecule has 2 fully saturated rings. The maximum atomic E-state index is 12.7. The number of nitrogens with zero attached hydrogens (tertiary/aromatic N) is 2. The molecule has 2 heterocycles. The second-order valence-electron chi connectivity index (χ2n) is 10.3. The molecular formula is C22H42N2O5. The van der Waals surface area contributed by atoms with Gasteiger partial charge in [0.05, 0.1) is 5.60 Å². The summed E-state index contributed by atoms with van der Waals surface area (Å²) < 4.78 is 17.6. The van der Waals surface area contributed by atoms with Crippen LogP contribution in [0.1, 0.15) is 80.6 Å². The van der Waals surface area contributed by atoms with Gasteiger partial charge in [-0.1, -0.05) is 26.2 Å². The molecule has 170 valence electrons. The Morgan fingerprint density at radius 1 is 1.03 bits per heavy atom. The summed E-state index contributed by atoms with van der Waals surface area (Å²) in [5.74, 6) is 0. The van der Waals surface area contributed by atoms with Crippen LogP contribution in [-0.2, 0) is 14.2 Å². The summed E-state index contributed by atoms with van der Waals surface area (Å²) in [4.78, 5) is 16.9. The van der Waals surface area contributed by atoms with Crippen molar-refractivity contribution in [1.29, 1.82) is 0 Å². The number of epoxide rings is 1. The standard InChI is InChI=1S/C22H42N2O5/c1-8-9-10-11-16-14-23(20(26)29-22(5,6)7)15-17(12-13-25)24(16)18-19(27-18)28-21(2,3)4/h16-19,25H,8-15H2,1-7H3/t16-,17+,18+,19?/m0/s1. The summed E-state index contributed by atoms with van der Waals surface area (Å²) >= 11 is 0. The van der Waals surface area contributed by atoms with Crippen molar-refractivity contribution < 1.29 is 24.1 Å². The van der Waals surface area contributed by atoms with E-state index in [0.29, 0.717) is 19.5 Å².